The molecule has 0 spiro atoms. The van der Waals surface area contributed by atoms with Crippen molar-refractivity contribution in [1.82, 2.24) is 14.5 Å². The predicted molar refractivity (Wildman–Crippen MR) is 80.4 cm³/mol. The molecule has 0 unspecified atom stereocenters. The van der Waals surface area contributed by atoms with Crippen molar-refractivity contribution in [2.24, 2.45) is 0 Å². The Kier molecular flexibility index (Phi) is 3.58. The van der Waals surface area contributed by atoms with Gasteiger partial charge in [-0.25, -0.2) is 9.97 Å². The summed E-state index contributed by atoms with van der Waals surface area (Å²) in [6.07, 6.45) is 4.57. The summed E-state index contributed by atoms with van der Waals surface area (Å²) in [6.45, 7) is -0.536. The smallest absolute Gasteiger partial charge is 0.183 e. The highest BCUT2D eigenvalue weighted by Crippen LogP contribution is 2.40. The Morgan fingerprint density at radius 2 is 2.27 bits per heavy atom. The van der Waals surface area contributed by atoms with E-state index in [1.807, 2.05) is 0 Å². The lowest BCUT2D eigenvalue weighted by molar-refractivity contribution is -0.0604. The summed E-state index contributed by atoms with van der Waals surface area (Å²) in [6, 6.07) is 0. The van der Waals surface area contributed by atoms with E-state index in [9.17, 15) is 15.3 Å². The molecule has 3 heterocycles. The largest absolute Gasteiger partial charge is 0.394 e. The Labute approximate surface area is 133 Å². The first-order valence-corrected chi connectivity index (χ1v) is 7.14. The summed E-state index contributed by atoms with van der Waals surface area (Å²) >= 11 is 3.34. The fourth-order valence-electron chi connectivity index (χ4n) is 2.59. The molecule has 9 heteroatoms. The van der Waals surface area contributed by atoms with Gasteiger partial charge < -0.3 is 30.4 Å². The van der Waals surface area contributed by atoms with Crippen LogP contribution >= 0.6 is 15.9 Å². The highest BCUT2D eigenvalue weighted by Gasteiger charge is 2.55. The van der Waals surface area contributed by atoms with Gasteiger partial charge in [-0.15, -0.1) is 6.42 Å². The number of nitrogens with zero attached hydrogens (tertiary/aromatic N) is 3. The molecule has 0 aliphatic carbocycles. The van der Waals surface area contributed by atoms with Crippen molar-refractivity contribution in [3.63, 3.8) is 0 Å². The van der Waals surface area contributed by atoms with Crippen LogP contribution in [0, 0.1) is 12.3 Å². The van der Waals surface area contributed by atoms with Gasteiger partial charge in [0.15, 0.2) is 11.8 Å². The van der Waals surface area contributed by atoms with Crippen LogP contribution in [-0.4, -0.2) is 54.3 Å². The Bertz CT molecular complexity index is 773. The SMILES string of the molecule is C#C[C@@]1(O)[C@@H](CO)O[C@@H](n2cc(Br)c3c(N)ncnc32)[C@@H]1O. The van der Waals surface area contributed by atoms with E-state index < -0.39 is 30.6 Å². The number of aromatic nitrogens is 3. The molecule has 8 nitrogen and oxygen atoms in total. The van der Waals surface area contributed by atoms with Crippen LogP contribution in [0.5, 0.6) is 0 Å². The van der Waals surface area contributed by atoms with Crippen LogP contribution in [0.1, 0.15) is 6.23 Å². The number of nitrogen functional groups attached to an aromatic ring is 1. The van der Waals surface area contributed by atoms with Crippen LogP contribution < -0.4 is 5.73 Å². The minimum Gasteiger partial charge on any atom is -0.394 e. The summed E-state index contributed by atoms with van der Waals surface area (Å²) in [5.41, 5.74) is 4.22. The lowest BCUT2D eigenvalue weighted by Gasteiger charge is -2.24. The molecule has 2 aromatic rings. The zero-order valence-corrected chi connectivity index (χ0v) is 12.8. The summed E-state index contributed by atoms with van der Waals surface area (Å²) < 4.78 is 7.62. The predicted octanol–water partition coefficient (Wildman–Crippen LogP) is -0.609. The number of terminal acetylenes is 1. The van der Waals surface area contributed by atoms with Crippen LogP contribution in [-0.2, 0) is 4.74 Å². The first-order valence-electron chi connectivity index (χ1n) is 6.35. The highest BCUT2D eigenvalue weighted by atomic mass is 79.9. The molecule has 0 bridgehead atoms. The van der Waals surface area contributed by atoms with Crippen LogP contribution in [0.3, 0.4) is 0 Å². The second-order valence-corrected chi connectivity index (χ2v) is 5.81. The van der Waals surface area contributed by atoms with Crippen LogP contribution in [0.4, 0.5) is 5.82 Å². The minimum atomic E-state index is -2.00. The van der Waals surface area contributed by atoms with Crippen molar-refractivity contribution in [3.05, 3.63) is 17.0 Å². The first-order chi connectivity index (χ1) is 10.4. The third kappa shape index (κ3) is 1.93. The average molecular weight is 369 g/mol. The topological polar surface area (TPSA) is 127 Å². The van der Waals surface area contributed by atoms with Gasteiger partial charge in [0.2, 0.25) is 0 Å². The normalized spacial score (nSPS) is 31.5. The van der Waals surface area contributed by atoms with Crippen LogP contribution in [0.2, 0.25) is 0 Å². The maximum Gasteiger partial charge on any atom is 0.183 e. The maximum absolute atomic E-state index is 10.4. The number of hydrogen-bond donors (Lipinski definition) is 4. The maximum atomic E-state index is 10.4. The van der Waals surface area contributed by atoms with Gasteiger partial charge in [-0.1, -0.05) is 5.92 Å². The summed E-state index contributed by atoms with van der Waals surface area (Å²) in [5, 5.41) is 30.6. The molecular weight excluding hydrogens is 356 g/mol. The standard InChI is InChI=1S/C13H13BrN4O4/c1-2-13(21)7(4-19)22-12(9(13)20)18-3-6(14)8-10(15)16-5-17-11(8)18/h1,3,5,7,9,12,19-21H,4H2,(H2,15,16,17)/t7-,9+,12-,13-/m1/s1. The zero-order chi connectivity index (χ0) is 16.1. The van der Waals surface area contributed by atoms with Crippen LogP contribution in [0.25, 0.3) is 11.0 Å². The van der Waals surface area contributed by atoms with E-state index in [0.29, 0.717) is 15.5 Å². The van der Waals surface area contributed by atoms with Crippen LogP contribution in [0.15, 0.2) is 17.0 Å². The molecule has 22 heavy (non-hydrogen) atoms. The molecule has 1 aliphatic rings. The fourth-order valence-corrected chi connectivity index (χ4v) is 3.19. The number of aliphatic hydroxyl groups is 3. The summed E-state index contributed by atoms with van der Waals surface area (Å²) in [4.78, 5) is 8.02. The first kappa shape index (κ1) is 15.2. The van der Waals surface area contributed by atoms with E-state index in [-0.39, 0.29) is 5.82 Å². The lowest BCUT2D eigenvalue weighted by Crippen LogP contribution is -2.47. The van der Waals surface area contributed by atoms with Gasteiger partial charge in [-0.2, -0.15) is 0 Å². The molecule has 2 aromatic heterocycles. The zero-order valence-electron chi connectivity index (χ0n) is 11.2. The molecule has 4 atom stereocenters. The fraction of sp³-hybridized carbons (Fsp3) is 0.385. The van der Waals surface area contributed by atoms with Gasteiger partial charge in [0.1, 0.15) is 30.0 Å². The lowest BCUT2D eigenvalue weighted by atomic mass is 9.93. The number of rotatable bonds is 2. The Morgan fingerprint density at radius 1 is 1.55 bits per heavy atom. The van der Waals surface area contributed by atoms with Gasteiger partial charge in [-0.05, 0) is 15.9 Å². The van der Waals surface area contributed by atoms with Crippen molar-refractivity contribution < 1.29 is 20.1 Å². The Morgan fingerprint density at radius 3 is 2.86 bits per heavy atom. The van der Waals surface area contributed by atoms with E-state index in [2.05, 4.69) is 31.8 Å². The molecule has 0 aromatic carbocycles. The van der Waals surface area contributed by atoms with Gasteiger partial charge in [0.25, 0.3) is 0 Å². The van der Waals surface area contributed by atoms with E-state index in [0.717, 1.165) is 0 Å². The highest BCUT2D eigenvalue weighted by molar-refractivity contribution is 9.10. The van der Waals surface area contributed by atoms with Gasteiger partial charge in [-0.3, -0.25) is 0 Å². The molecule has 0 saturated carbocycles. The van der Waals surface area contributed by atoms with Gasteiger partial charge in [0, 0.05) is 10.7 Å². The molecule has 5 N–H and O–H groups in total. The monoisotopic (exact) mass is 368 g/mol. The number of anilines is 1. The van der Waals surface area contributed by atoms with Crippen molar-refractivity contribution in [2.45, 2.75) is 24.0 Å². The Balaban J connectivity index is 2.14. The number of hydrogen-bond acceptors (Lipinski definition) is 7. The minimum absolute atomic E-state index is 0.258. The van der Waals surface area contributed by atoms with Crippen molar-refractivity contribution in [2.75, 3.05) is 12.3 Å². The van der Waals surface area contributed by atoms with Crippen molar-refractivity contribution in [3.8, 4) is 12.3 Å². The number of fused-ring (bicyclic) bond motifs is 1. The number of halogens is 1. The quantitative estimate of drug-likeness (QED) is 0.520. The summed E-state index contributed by atoms with van der Waals surface area (Å²) in [5.74, 6) is 2.35. The number of ether oxygens (including phenoxy) is 1. The molecule has 1 saturated heterocycles. The third-order valence-electron chi connectivity index (χ3n) is 3.78. The molecule has 1 aliphatic heterocycles. The molecular formula is C13H13BrN4O4. The number of aliphatic hydroxyl groups excluding tert-OH is 2. The average Bonchev–Trinajstić information content (AvgIpc) is 2.97. The molecule has 1 fully saturated rings. The van der Waals surface area contributed by atoms with Gasteiger partial charge in [0.05, 0.1) is 12.0 Å². The molecule has 116 valence electrons. The van der Waals surface area contributed by atoms with E-state index >= 15 is 0 Å². The van der Waals surface area contributed by atoms with E-state index in [1.165, 1.54) is 10.9 Å². The van der Waals surface area contributed by atoms with E-state index in [4.69, 9.17) is 16.9 Å². The van der Waals surface area contributed by atoms with Gasteiger partial charge >= 0.3 is 0 Å². The van der Waals surface area contributed by atoms with Crippen molar-refractivity contribution in [1.29, 1.82) is 0 Å². The van der Waals surface area contributed by atoms with Crippen molar-refractivity contribution >= 4 is 32.8 Å². The second-order valence-electron chi connectivity index (χ2n) is 4.95. The summed E-state index contributed by atoms with van der Waals surface area (Å²) in [7, 11) is 0. The Hall–Kier alpha value is -1.70. The third-order valence-corrected chi connectivity index (χ3v) is 4.38. The molecule has 0 radical (unpaired) electrons. The second kappa shape index (κ2) is 5.19. The molecule has 3 rings (SSSR count). The number of nitrogens with two attached hydrogens (primary N) is 1. The molecule has 0 amide bonds. The van der Waals surface area contributed by atoms with E-state index in [1.54, 1.807) is 6.20 Å².